The van der Waals surface area contributed by atoms with Gasteiger partial charge in [-0.2, -0.15) is 0 Å². The maximum atomic E-state index is 12.5. The van der Waals surface area contributed by atoms with E-state index in [-0.39, 0.29) is 19.1 Å². The van der Waals surface area contributed by atoms with Crippen LogP contribution in [0.3, 0.4) is 0 Å². The monoisotopic (exact) mass is 278 g/mol. The normalized spacial score (nSPS) is 16.8. The van der Waals surface area contributed by atoms with Gasteiger partial charge in [0.05, 0.1) is 18.3 Å². The number of anilines is 1. The van der Waals surface area contributed by atoms with E-state index in [1.54, 1.807) is 6.07 Å². The molecule has 1 aliphatic rings. The van der Waals surface area contributed by atoms with Crippen LogP contribution in [-0.2, 0) is 0 Å². The van der Waals surface area contributed by atoms with Gasteiger partial charge in [0, 0.05) is 25.3 Å². The van der Waals surface area contributed by atoms with Crippen LogP contribution in [0.25, 0.3) is 0 Å². The van der Waals surface area contributed by atoms with Gasteiger partial charge >= 0.3 is 0 Å². The smallest absolute Gasteiger partial charge is 0.255 e. The highest BCUT2D eigenvalue weighted by Crippen LogP contribution is 2.19. The zero-order valence-corrected chi connectivity index (χ0v) is 11.6. The molecule has 20 heavy (non-hydrogen) atoms. The van der Waals surface area contributed by atoms with Gasteiger partial charge < -0.3 is 20.4 Å². The van der Waals surface area contributed by atoms with E-state index < -0.39 is 6.10 Å². The summed E-state index contributed by atoms with van der Waals surface area (Å²) in [5, 5.41) is 21.2. The van der Waals surface area contributed by atoms with Crippen LogP contribution in [0, 0.1) is 0 Å². The first-order valence-corrected chi connectivity index (χ1v) is 7.13. The summed E-state index contributed by atoms with van der Waals surface area (Å²) in [5.41, 5.74) is 1.33. The molecule has 1 atom stereocenters. The minimum Gasteiger partial charge on any atom is -0.394 e. The van der Waals surface area contributed by atoms with Crippen LogP contribution in [0.2, 0.25) is 0 Å². The first-order valence-electron chi connectivity index (χ1n) is 7.13. The lowest BCUT2D eigenvalue weighted by Crippen LogP contribution is -2.36. The Morgan fingerprint density at radius 1 is 1.25 bits per heavy atom. The third-order valence-electron chi connectivity index (χ3n) is 3.54. The summed E-state index contributed by atoms with van der Waals surface area (Å²) < 4.78 is 0. The molecular formula is C15H22N2O3. The van der Waals surface area contributed by atoms with Crippen molar-refractivity contribution in [3.8, 4) is 0 Å². The van der Waals surface area contributed by atoms with Gasteiger partial charge in [-0.1, -0.05) is 12.1 Å². The van der Waals surface area contributed by atoms with Crippen LogP contribution in [0.15, 0.2) is 24.3 Å². The molecule has 2 rings (SSSR count). The first kappa shape index (κ1) is 14.8. The SMILES string of the molecule is O=C(c1ccccc1NCC(O)CO)N1CCCCC1. The van der Waals surface area contributed by atoms with Gasteiger partial charge in [0.1, 0.15) is 0 Å². The number of hydrogen-bond acceptors (Lipinski definition) is 4. The molecule has 1 aliphatic heterocycles. The van der Waals surface area contributed by atoms with Crippen molar-refractivity contribution >= 4 is 11.6 Å². The van der Waals surface area contributed by atoms with Crippen LogP contribution < -0.4 is 5.32 Å². The summed E-state index contributed by atoms with van der Waals surface area (Å²) in [6.07, 6.45) is 2.48. The van der Waals surface area contributed by atoms with Crippen LogP contribution in [0.1, 0.15) is 29.6 Å². The number of aliphatic hydroxyl groups is 2. The fraction of sp³-hybridized carbons (Fsp3) is 0.533. The Morgan fingerprint density at radius 3 is 2.65 bits per heavy atom. The Bertz CT molecular complexity index is 444. The maximum absolute atomic E-state index is 12.5. The molecule has 110 valence electrons. The molecule has 5 heteroatoms. The van der Waals surface area contributed by atoms with Gasteiger partial charge in [-0.05, 0) is 31.4 Å². The number of aliphatic hydroxyl groups excluding tert-OH is 2. The van der Waals surface area contributed by atoms with Crippen LogP contribution in [-0.4, -0.2) is 53.4 Å². The van der Waals surface area contributed by atoms with E-state index in [2.05, 4.69) is 5.32 Å². The van der Waals surface area contributed by atoms with Gasteiger partial charge in [-0.15, -0.1) is 0 Å². The number of carbonyl (C=O) groups is 1. The van der Waals surface area contributed by atoms with Gasteiger partial charge in [0.2, 0.25) is 0 Å². The second-order valence-corrected chi connectivity index (χ2v) is 5.12. The lowest BCUT2D eigenvalue weighted by molar-refractivity contribution is 0.0725. The molecule has 1 amide bonds. The second-order valence-electron chi connectivity index (χ2n) is 5.12. The molecule has 0 aliphatic carbocycles. The number of carbonyl (C=O) groups excluding carboxylic acids is 1. The van der Waals surface area contributed by atoms with E-state index in [1.165, 1.54) is 6.42 Å². The Balaban J connectivity index is 2.08. The van der Waals surface area contributed by atoms with Crippen LogP contribution in [0.5, 0.6) is 0 Å². The van der Waals surface area contributed by atoms with E-state index in [4.69, 9.17) is 5.11 Å². The number of hydrogen-bond donors (Lipinski definition) is 3. The van der Waals surface area contributed by atoms with E-state index in [9.17, 15) is 9.90 Å². The molecule has 1 heterocycles. The molecule has 0 saturated carbocycles. The van der Waals surface area contributed by atoms with Crippen molar-refractivity contribution in [2.24, 2.45) is 0 Å². The number of rotatable bonds is 5. The first-order chi connectivity index (χ1) is 9.72. The molecule has 1 aromatic carbocycles. The summed E-state index contributed by atoms with van der Waals surface area (Å²) in [6, 6.07) is 7.30. The predicted molar refractivity (Wildman–Crippen MR) is 77.8 cm³/mol. The standard InChI is InChI=1S/C15H22N2O3/c18-11-12(19)10-16-14-7-3-2-6-13(14)15(20)17-8-4-1-5-9-17/h2-3,6-7,12,16,18-19H,1,4-5,8-11H2. The topological polar surface area (TPSA) is 72.8 Å². The number of benzene rings is 1. The van der Waals surface area contributed by atoms with Crippen LogP contribution in [0.4, 0.5) is 5.69 Å². The van der Waals surface area contributed by atoms with Crippen molar-refractivity contribution in [1.82, 2.24) is 4.90 Å². The zero-order valence-electron chi connectivity index (χ0n) is 11.6. The molecule has 1 unspecified atom stereocenters. The number of para-hydroxylation sites is 1. The van der Waals surface area contributed by atoms with Gasteiger partial charge in [0.15, 0.2) is 0 Å². The third kappa shape index (κ3) is 3.71. The number of likely N-dealkylation sites (tertiary alicyclic amines) is 1. The predicted octanol–water partition coefficient (Wildman–Crippen LogP) is 1.08. The minimum atomic E-state index is -0.826. The van der Waals surface area contributed by atoms with Crippen molar-refractivity contribution in [2.45, 2.75) is 25.4 Å². The lowest BCUT2D eigenvalue weighted by atomic mass is 10.1. The van der Waals surface area contributed by atoms with Crippen molar-refractivity contribution in [2.75, 3.05) is 31.6 Å². The quantitative estimate of drug-likeness (QED) is 0.753. The largest absolute Gasteiger partial charge is 0.394 e. The molecule has 1 fully saturated rings. The van der Waals surface area contributed by atoms with E-state index in [1.807, 2.05) is 23.1 Å². The number of amides is 1. The average Bonchev–Trinajstić information content (AvgIpc) is 2.53. The molecule has 5 nitrogen and oxygen atoms in total. The molecule has 0 bridgehead atoms. The summed E-state index contributed by atoms with van der Waals surface area (Å²) in [4.78, 5) is 14.4. The van der Waals surface area contributed by atoms with E-state index >= 15 is 0 Å². The summed E-state index contributed by atoms with van der Waals surface area (Å²) >= 11 is 0. The van der Waals surface area contributed by atoms with Crippen molar-refractivity contribution in [1.29, 1.82) is 0 Å². The van der Waals surface area contributed by atoms with Crippen molar-refractivity contribution in [3.63, 3.8) is 0 Å². The Morgan fingerprint density at radius 2 is 1.95 bits per heavy atom. The molecule has 0 radical (unpaired) electrons. The fourth-order valence-corrected chi connectivity index (χ4v) is 2.38. The zero-order chi connectivity index (χ0) is 14.4. The van der Waals surface area contributed by atoms with Crippen LogP contribution >= 0.6 is 0 Å². The highest BCUT2D eigenvalue weighted by atomic mass is 16.3. The van der Waals surface area contributed by atoms with E-state index in [0.717, 1.165) is 25.9 Å². The number of piperidine rings is 1. The van der Waals surface area contributed by atoms with Crippen molar-refractivity contribution < 1.29 is 15.0 Å². The summed E-state index contributed by atoms with van der Waals surface area (Å²) in [7, 11) is 0. The molecule has 1 aromatic rings. The molecule has 0 spiro atoms. The Kier molecular flexibility index (Phi) is 5.38. The molecular weight excluding hydrogens is 256 g/mol. The average molecular weight is 278 g/mol. The summed E-state index contributed by atoms with van der Waals surface area (Å²) in [5.74, 6) is 0.0336. The number of nitrogens with zero attached hydrogens (tertiary/aromatic N) is 1. The fourth-order valence-electron chi connectivity index (χ4n) is 2.38. The lowest BCUT2D eigenvalue weighted by Gasteiger charge is -2.27. The molecule has 0 aromatic heterocycles. The second kappa shape index (κ2) is 7.26. The third-order valence-corrected chi connectivity index (χ3v) is 3.54. The highest BCUT2D eigenvalue weighted by molar-refractivity contribution is 5.99. The van der Waals surface area contributed by atoms with Crippen molar-refractivity contribution in [3.05, 3.63) is 29.8 Å². The Hall–Kier alpha value is -1.59. The van der Waals surface area contributed by atoms with Gasteiger partial charge in [-0.25, -0.2) is 0 Å². The minimum absolute atomic E-state index is 0.0336. The highest BCUT2D eigenvalue weighted by Gasteiger charge is 2.20. The Labute approximate surface area is 119 Å². The summed E-state index contributed by atoms with van der Waals surface area (Å²) in [6.45, 7) is 1.55. The molecule has 3 N–H and O–H groups in total. The van der Waals surface area contributed by atoms with E-state index in [0.29, 0.717) is 11.3 Å². The molecule has 1 saturated heterocycles. The van der Waals surface area contributed by atoms with Gasteiger partial charge in [-0.3, -0.25) is 4.79 Å². The maximum Gasteiger partial charge on any atom is 0.255 e. The number of nitrogens with one attached hydrogen (secondary N) is 1. The van der Waals surface area contributed by atoms with Gasteiger partial charge in [0.25, 0.3) is 5.91 Å².